The van der Waals surface area contributed by atoms with E-state index in [0.29, 0.717) is 0 Å². The molecule has 0 spiro atoms. The molecule has 6 heteroatoms. The fourth-order valence-electron chi connectivity index (χ4n) is 6.16. The van der Waals surface area contributed by atoms with Crippen molar-refractivity contribution in [2.24, 2.45) is 10.8 Å². The first-order chi connectivity index (χ1) is 23.3. The van der Waals surface area contributed by atoms with Gasteiger partial charge in [-0.05, 0) is 60.7 Å². The number of nitrogens with zero attached hydrogens (tertiary/aromatic N) is 1. The Balaban J connectivity index is 0.000000269. The van der Waals surface area contributed by atoms with Crippen molar-refractivity contribution in [3.8, 4) is 21.7 Å². The van der Waals surface area contributed by atoms with Crippen molar-refractivity contribution in [1.29, 1.82) is 0 Å². The van der Waals surface area contributed by atoms with Crippen LogP contribution in [0.4, 0.5) is 0 Å². The minimum absolute atomic E-state index is 0. The predicted molar refractivity (Wildman–Crippen MR) is 208 cm³/mol. The summed E-state index contributed by atoms with van der Waals surface area (Å²) >= 11 is 1.78. The van der Waals surface area contributed by atoms with Crippen LogP contribution < -0.4 is 0 Å². The van der Waals surface area contributed by atoms with Gasteiger partial charge in [0.25, 0.3) is 0 Å². The van der Waals surface area contributed by atoms with Crippen molar-refractivity contribution in [3.63, 3.8) is 0 Å². The monoisotopic (exact) mass is 865 g/mol. The summed E-state index contributed by atoms with van der Waals surface area (Å²) in [6.07, 6.45) is 8.42. The summed E-state index contributed by atoms with van der Waals surface area (Å²) < 4.78 is 6.81. The van der Waals surface area contributed by atoms with Gasteiger partial charge in [0.05, 0.1) is 6.26 Å². The standard InChI is InChI=1S/C29H22NOS.C15H28O2.Ir/c1-29(2,3)24-16-20(15-18-7-4-5-8-21(18)24)27-28-19(11-13-30-27)17-26(32-28)23-9-6-10-25-22(23)12-14-31-25;1-7-14(5,8-2)12(16)11-13(17)15(6,9-3)10-4;/h4-14,16-17H,1-3H3;11,16H,7-10H2,1-6H3;/q-1;;/b;12-11-;. The second-order valence-electron chi connectivity index (χ2n) is 14.6. The van der Waals surface area contributed by atoms with Crippen molar-refractivity contribution in [2.75, 3.05) is 0 Å². The summed E-state index contributed by atoms with van der Waals surface area (Å²) in [7, 11) is 0. The number of aliphatic hydroxyl groups is 1. The average molecular weight is 865 g/mol. The van der Waals surface area contributed by atoms with Crippen LogP contribution in [0.25, 0.3) is 53.5 Å². The number of aromatic nitrogens is 1. The van der Waals surface area contributed by atoms with E-state index in [-0.39, 0.29) is 47.9 Å². The molecule has 0 atom stereocenters. The zero-order valence-corrected chi connectivity index (χ0v) is 34.1. The Labute approximate surface area is 315 Å². The molecule has 3 heterocycles. The van der Waals surface area contributed by atoms with E-state index in [4.69, 9.17) is 9.40 Å². The molecule has 3 aromatic carbocycles. The minimum atomic E-state index is -0.337. The molecule has 3 aromatic heterocycles. The number of thiophene rings is 1. The van der Waals surface area contributed by atoms with Gasteiger partial charge in [-0.15, -0.1) is 40.5 Å². The largest absolute Gasteiger partial charge is 0.512 e. The van der Waals surface area contributed by atoms with Crippen LogP contribution in [0, 0.1) is 16.9 Å². The van der Waals surface area contributed by atoms with Crippen LogP contribution in [0.5, 0.6) is 0 Å². The summed E-state index contributed by atoms with van der Waals surface area (Å²) in [6.45, 7) is 18.9. The second kappa shape index (κ2) is 15.8. The number of benzene rings is 3. The average Bonchev–Trinajstić information content (AvgIpc) is 3.78. The van der Waals surface area contributed by atoms with Crippen LogP contribution in [0.1, 0.15) is 93.6 Å². The van der Waals surface area contributed by atoms with E-state index in [2.05, 4.69) is 81.4 Å². The van der Waals surface area contributed by atoms with Crippen molar-refractivity contribution >= 4 is 48.9 Å². The van der Waals surface area contributed by atoms with Gasteiger partial charge in [0, 0.05) is 69.4 Å². The Kier molecular flexibility index (Phi) is 12.4. The number of hydrogen-bond acceptors (Lipinski definition) is 5. The molecule has 0 fully saturated rings. The third-order valence-corrected chi connectivity index (χ3v) is 11.8. The number of fused-ring (bicyclic) bond motifs is 3. The molecule has 0 bridgehead atoms. The van der Waals surface area contributed by atoms with E-state index in [0.717, 1.165) is 53.3 Å². The molecule has 0 saturated heterocycles. The van der Waals surface area contributed by atoms with Crippen LogP contribution in [-0.2, 0) is 30.3 Å². The number of ketones is 1. The van der Waals surface area contributed by atoms with E-state index in [9.17, 15) is 9.90 Å². The van der Waals surface area contributed by atoms with Gasteiger partial charge in [-0.3, -0.25) is 9.78 Å². The number of carbonyl (C=O) groups is 1. The van der Waals surface area contributed by atoms with Gasteiger partial charge in [0.2, 0.25) is 0 Å². The van der Waals surface area contributed by atoms with Crippen molar-refractivity contribution in [2.45, 2.75) is 93.4 Å². The van der Waals surface area contributed by atoms with Crippen LogP contribution in [0.3, 0.4) is 0 Å². The molecule has 0 saturated carbocycles. The number of allylic oxidation sites excluding steroid dienone is 2. The van der Waals surface area contributed by atoms with Gasteiger partial charge in [-0.1, -0.05) is 104 Å². The number of furan rings is 1. The molecule has 1 radical (unpaired) electrons. The fourth-order valence-corrected chi connectivity index (χ4v) is 7.36. The smallest absolute Gasteiger partial charge is 0.164 e. The van der Waals surface area contributed by atoms with Gasteiger partial charge < -0.3 is 9.52 Å². The van der Waals surface area contributed by atoms with Gasteiger partial charge in [0.1, 0.15) is 11.3 Å². The first-order valence-corrected chi connectivity index (χ1v) is 18.4. The Hall–Kier alpha value is -3.57. The Bertz CT molecular complexity index is 2120. The number of pyridine rings is 1. The van der Waals surface area contributed by atoms with E-state index in [1.807, 2.05) is 59.9 Å². The number of carbonyl (C=O) groups excluding carboxylic acids is 1. The van der Waals surface area contributed by atoms with Crippen LogP contribution in [0.2, 0.25) is 0 Å². The van der Waals surface area contributed by atoms with Crippen molar-refractivity contribution in [1.82, 2.24) is 4.98 Å². The second-order valence-corrected chi connectivity index (χ2v) is 15.7. The molecule has 4 nitrogen and oxygen atoms in total. The van der Waals surface area contributed by atoms with Crippen LogP contribution >= 0.6 is 11.3 Å². The Morgan fingerprint density at radius 2 is 1.54 bits per heavy atom. The number of rotatable bonds is 9. The summed E-state index contributed by atoms with van der Waals surface area (Å²) in [5.74, 6) is 0.286. The van der Waals surface area contributed by atoms with Gasteiger partial charge in [-0.25, -0.2) is 0 Å². The van der Waals surface area contributed by atoms with E-state index < -0.39 is 0 Å². The minimum Gasteiger partial charge on any atom is -0.512 e. The molecule has 50 heavy (non-hydrogen) atoms. The van der Waals surface area contributed by atoms with E-state index in [1.54, 1.807) is 17.6 Å². The molecule has 1 N–H and O–H groups in total. The molecular weight excluding hydrogens is 815 g/mol. The Morgan fingerprint density at radius 3 is 2.20 bits per heavy atom. The summed E-state index contributed by atoms with van der Waals surface area (Å²) in [5.41, 5.74) is 4.89. The maximum absolute atomic E-state index is 12.2. The zero-order chi connectivity index (χ0) is 35.6. The molecular formula is C44H50IrNO3S-. The quantitative estimate of drug-likeness (QED) is 0.0893. The van der Waals surface area contributed by atoms with E-state index in [1.165, 1.54) is 37.6 Å². The summed E-state index contributed by atoms with van der Waals surface area (Å²) in [4.78, 5) is 18.2. The molecule has 0 aliphatic rings. The van der Waals surface area contributed by atoms with Crippen molar-refractivity contribution < 1.29 is 34.4 Å². The van der Waals surface area contributed by atoms with Gasteiger partial charge in [-0.2, -0.15) is 0 Å². The zero-order valence-electron chi connectivity index (χ0n) is 30.9. The number of aliphatic hydroxyl groups excluding tert-OH is 1. The molecule has 6 rings (SSSR count). The molecule has 0 amide bonds. The molecule has 0 aliphatic carbocycles. The first-order valence-electron chi connectivity index (χ1n) is 17.5. The molecule has 0 unspecified atom stereocenters. The fraction of sp³-hybridized carbons (Fsp3) is 0.364. The summed E-state index contributed by atoms with van der Waals surface area (Å²) in [6, 6.07) is 27.1. The van der Waals surface area contributed by atoms with Gasteiger partial charge in [0.15, 0.2) is 5.78 Å². The maximum atomic E-state index is 12.2. The normalized spacial score (nSPS) is 12.5. The predicted octanol–water partition coefficient (Wildman–Crippen LogP) is 13.3. The van der Waals surface area contributed by atoms with Gasteiger partial charge >= 0.3 is 0 Å². The first kappa shape index (κ1) is 39.2. The maximum Gasteiger partial charge on any atom is 0.164 e. The topological polar surface area (TPSA) is 63.3 Å². The third-order valence-electron chi connectivity index (χ3n) is 10.6. The van der Waals surface area contributed by atoms with Crippen LogP contribution in [-0.4, -0.2) is 15.9 Å². The van der Waals surface area contributed by atoms with Crippen LogP contribution in [0.15, 0.2) is 95.4 Å². The molecule has 0 aliphatic heterocycles. The third kappa shape index (κ3) is 7.83. The number of hydrogen-bond donors (Lipinski definition) is 1. The Morgan fingerprint density at radius 1 is 0.860 bits per heavy atom. The van der Waals surface area contributed by atoms with E-state index >= 15 is 0 Å². The van der Waals surface area contributed by atoms with Crippen molar-refractivity contribution in [3.05, 3.63) is 103 Å². The summed E-state index contributed by atoms with van der Waals surface area (Å²) in [5, 5.41) is 14.9. The SMILES string of the molecule is CC(C)(C)c1cc(-c2nccc3cc(-c4cccc5occc45)sc23)[c-]c2ccccc12.CCC(C)(CC)C(=O)/C=C(\O)C(C)(CC)CC.[Ir]. The molecule has 265 valence electrons. The molecule has 6 aromatic rings.